The molecule has 0 aliphatic rings. The zero-order chi connectivity index (χ0) is 17.8. The zero-order valence-corrected chi connectivity index (χ0v) is 16.2. The quantitative estimate of drug-likeness (QED) is 0.397. The Morgan fingerprint density at radius 1 is 0.885 bits per heavy atom. The summed E-state index contributed by atoms with van der Waals surface area (Å²) in [6.45, 7) is 2.32. The van der Waals surface area contributed by atoms with Gasteiger partial charge in [0.2, 0.25) is 11.7 Å². The molecule has 4 aromatic rings. The molecule has 0 radical (unpaired) electrons. The fourth-order valence-corrected chi connectivity index (χ4v) is 4.26. The van der Waals surface area contributed by atoms with Gasteiger partial charge in [0.1, 0.15) is 0 Å². The Kier molecular flexibility index (Phi) is 5.45. The number of aromatic nitrogens is 2. The lowest BCUT2D eigenvalue weighted by Gasteiger charge is -2.18. The van der Waals surface area contributed by atoms with Crippen LogP contribution in [0.25, 0.3) is 11.4 Å². The maximum Gasteiger partial charge on any atom is 0.241 e. The van der Waals surface area contributed by atoms with E-state index in [1.807, 2.05) is 24.3 Å². The van der Waals surface area contributed by atoms with Gasteiger partial charge in [0.25, 0.3) is 0 Å². The van der Waals surface area contributed by atoms with E-state index in [1.54, 1.807) is 22.7 Å². The van der Waals surface area contributed by atoms with Gasteiger partial charge in [-0.25, -0.2) is 0 Å². The van der Waals surface area contributed by atoms with Crippen molar-refractivity contribution in [1.82, 2.24) is 15.0 Å². The number of hydrogen-bond acceptors (Lipinski definition) is 6. The van der Waals surface area contributed by atoms with Gasteiger partial charge in [0, 0.05) is 33.4 Å². The van der Waals surface area contributed by atoms with Crippen molar-refractivity contribution in [3.8, 4) is 11.4 Å². The standard InChI is InChI=1S/C19H16ClN3OS2/c20-15-7-5-14(6-8-15)19-21-18(24-22-19)13-23(11-16-3-1-9-25-16)12-17-4-2-10-26-17/h1-10H,11-13H2. The molecule has 0 atom stereocenters. The van der Waals surface area contributed by atoms with Crippen molar-refractivity contribution in [2.24, 2.45) is 0 Å². The summed E-state index contributed by atoms with van der Waals surface area (Å²) in [7, 11) is 0. The van der Waals surface area contributed by atoms with E-state index in [0.29, 0.717) is 23.3 Å². The SMILES string of the molecule is Clc1ccc(-c2noc(CN(Cc3cccs3)Cc3cccs3)n2)cc1. The van der Waals surface area contributed by atoms with Crippen molar-refractivity contribution in [1.29, 1.82) is 0 Å². The normalized spacial score (nSPS) is 11.3. The van der Waals surface area contributed by atoms with E-state index in [-0.39, 0.29) is 0 Å². The highest BCUT2D eigenvalue weighted by Crippen LogP contribution is 2.21. The molecule has 1 aromatic carbocycles. The maximum absolute atomic E-state index is 5.94. The molecule has 0 saturated carbocycles. The monoisotopic (exact) mass is 401 g/mol. The Balaban J connectivity index is 1.50. The van der Waals surface area contributed by atoms with E-state index in [9.17, 15) is 0 Å². The lowest BCUT2D eigenvalue weighted by molar-refractivity contribution is 0.214. The van der Waals surface area contributed by atoms with E-state index >= 15 is 0 Å². The van der Waals surface area contributed by atoms with Gasteiger partial charge < -0.3 is 4.52 Å². The molecule has 0 N–H and O–H groups in total. The van der Waals surface area contributed by atoms with Crippen molar-refractivity contribution in [3.05, 3.63) is 80.0 Å². The molecule has 0 aliphatic heterocycles. The van der Waals surface area contributed by atoms with Crippen LogP contribution < -0.4 is 0 Å². The largest absolute Gasteiger partial charge is 0.338 e. The number of rotatable bonds is 7. The molecule has 4 rings (SSSR count). The van der Waals surface area contributed by atoms with Gasteiger partial charge >= 0.3 is 0 Å². The first-order valence-corrected chi connectivity index (χ1v) is 10.3. The molecule has 4 nitrogen and oxygen atoms in total. The first kappa shape index (κ1) is 17.4. The van der Waals surface area contributed by atoms with Gasteiger partial charge in [-0.2, -0.15) is 4.98 Å². The van der Waals surface area contributed by atoms with Gasteiger partial charge in [-0.15, -0.1) is 22.7 Å². The molecule has 0 saturated heterocycles. The second kappa shape index (κ2) is 8.14. The highest BCUT2D eigenvalue weighted by Gasteiger charge is 2.15. The molecule has 3 aromatic heterocycles. The average molecular weight is 402 g/mol. The minimum atomic E-state index is 0.587. The van der Waals surface area contributed by atoms with E-state index in [4.69, 9.17) is 16.1 Å². The van der Waals surface area contributed by atoms with Crippen LogP contribution >= 0.6 is 34.3 Å². The van der Waals surface area contributed by atoms with Gasteiger partial charge in [-0.05, 0) is 47.2 Å². The number of halogens is 1. The minimum absolute atomic E-state index is 0.587. The smallest absolute Gasteiger partial charge is 0.241 e. The van der Waals surface area contributed by atoms with Crippen LogP contribution in [0.2, 0.25) is 5.02 Å². The Hall–Kier alpha value is -1.99. The molecule has 132 valence electrons. The summed E-state index contributed by atoms with van der Waals surface area (Å²) in [5.41, 5.74) is 0.896. The highest BCUT2D eigenvalue weighted by atomic mass is 35.5. The molecule has 0 bridgehead atoms. The summed E-state index contributed by atoms with van der Waals surface area (Å²) in [5.74, 6) is 1.20. The van der Waals surface area contributed by atoms with E-state index in [2.05, 4.69) is 50.1 Å². The van der Waals surface area contributed by atoms with Crippen molar-refractivity contribution in [2.75, 3.05) is 0 Å². The molecule has 3 heterocycles. The molecule has 0 amide bonds. The molecule has 7 heteroatoms. The van der Waals surface area contributed by atoms with Crippen LogP contribution in [0.1, 0.15) is 15.6 Å². The van der Waals surface area contributed by atoms with Crippen LogP contribution in [0.3, 0.4) is 0 Å². The first-order valence-electron chi connectivity index (χ1n) is 8.12. The third-order valence-electron chi connectivity index (χ3n) is 3.85. The fraction of sp³-hybridized carbons (Fsp3) is 0.158. The fourth-order valence-electron chi connectivity index (χ4n) is 2.64. The van der Waals surface area contributed by atoms with Crippen molar-refractivity contribution >= 4 is 34.3 Å². The lowest BCUT2D eigenvalue weighted by atomic mass is 10.2. The van der Waals surface area contributed by atoms with Gasteiger partial charge in [0.15, 0.2) is 0 Å². The third kappa shape index (κ3) is 4.40. The summed E-state index contributed by atoms with van der Waals surface area (Å²) in [5, 5.41) is 9.01. The molecule has 0 aliphatic carbocycles. The molecule has 0 unspecified atom stereocenters. The predicted molar refractivity (Wildman–Crippen MR) is 106 cm³/mol. The average Bonchev–Trinajstić information content (AvgIpc) is 3.38. The summed E-state index contributed by atoms with van der Waals surface area (Å²) in [6.07, 6.45) is 0. The number of hydrogen-bond donors (Lipinski definition) is 0. The Labute approximate surface area is 164 Å². The second-order valence-corrected chi connectivity index (χ2v) is 8.32. The summed E-state index contributed by atoms with van der Waals surface area (Å²) in [4.78, 5) is 9.51. The first-order chi connectivity index (χ1) is 12.8. The van der Waals surface area contributed by atoms with Crippen LogP contribution in [-0.2, 0) is 19.6 Å². The number of nitrogens with zero attached hydrogens (tertiary/aromatic N) is 3. The van der Waals surface area contributed by atoms with E-state index in [1.165, 1.54) is 9.75 Å². The minimum Gasteiger partial charge on any atom is -0.338 e. The topological polar surface area (TPSA) is 42.2 Å². The summed E-state index contributed by atoms with van der Waals surface area (Å²) >= 11 is 9.46. The maximum atomic E-state index is 5.94. The van der Waals surface area contributed by atoms with Crippen molar-refractivity contribution in [2.45, 2.75) is 19.6 Å². The Morgan fingerprint density at radius 3 is 2.12 bits per heavy atom. The van der Waals surface area contributed by atoms with Crippen LogP contribution in [0.5, 0.6) is 0 Å². The molecule has 0 spiro atoms. The van der Waals surface area contributed by atoms with Gasteiger partial charge in [0.05, 0.1) is 6.54 Å². The van der Waals surface area contributed by atoms with E-state index in [0.717, 1.165) is 18.7 Å². The van der Waals surface area contributed by atoms with Crippen molar-refractivity contribution < 1.29 is 4.52 Å². The summed E-state index contributed by atoms with van der Waals surface area (Å²) in [6, 6.07) is 15.9. The highest BCUT2D eigenvalue weighted by molar-refractivity contribution is 7.10. The van der Waals surface area contributed by atoms with Gasteiger partial charge in [-0.1, -0.05) is 28.9 Å². The zero-order valence-electron chi connectivity index (χ0n) is 13.8. The Morgan fingerprint density at radius 2 is 1.54 bits per heavy atom. The number of thiophene rings is 2. The number of benzene rings is 1. The predicted octanol–water partition coefficient (Wildman–Crippen LogP) is 5.72. The van der Waals surface area contributed by atoms with Crippen LogP contribution in [0, 0.1) is 0 Å². The summed E-state index contributed by atoms with van der Waals surface area (Å²) < 4.78 is 5.49. The van der Waals surface area contributed by atoms with Gasteiger partial charge in [-0.3, -0.25) is 4.90 Å². The van der Waals surface area contributed by atoms with Crippen LogP contribution in [0.15, 0.2) is 63.8 Å². The lowest BCUT2D eigenvalue weighted by Crippen LogP contribution is -2.21. The Bertz CT molecular complexity index is 898. The van der Waals surface area contributed by atoms with Crippen molar-refractivity contribution in [3.63, 3.8) is 0 Å². The van der Waals surface area contributed by atoms with Crippen LogP contribution in [0.4, 0.5) is 0 Å². The van der Waals surface area contributed by atoms with E-state index < -0.39 is 0 Å². The molecule has 0 fully saturated rings. The van der Waals surface area contributed by atoms with Crippen LogP contribution in [-0.4, -0.2) is 15.0 Å². The second-order valence-electron chi connectivity index (χ2n) is 5.82. The molecule has 26 heavy (non-hydrogen) atoms. The molecular weight excluding hydrogens is 386 g/mol. The third-order valence-corrected chi connectivity index (χ3v) is 5.82. The molecular formula is C19H16ClN3OS2.